The molecular weight excluding hydrogens is 108 g/mol. The van der Waals surface area contributed by atoms with Crippen LogP contribution >= 0.6 is 0 Å². The summed E-state index contributed by atoms with van der Waals surface area (Å²) in [6, 6.07) is 0. The Morgan fingerprint density at radius 3 is 2.44 bits per heavy atom. The zero-order valence-electron chi connectivity index (χ0n) is 6.61. The molecule has 0 atom stereocenters. The first-order valence-corrected chi connectivity index (χ1v) is 3.82. The molecule has 0 aliphatic carbocycles. The molecular formula is C9H17. The molecule has 0 heteroatoms. The van der Waals surface area contributed by atoms with Crippen molar-refractivity contribution < 1.29 is 0 Å². The Balaban J connectivity index is 3.48. The van der Waals surface area contributed by atoms with Crippen LogP contribution in [0.15, 0.2) is 11.6 Å². The number of allylic oxidation sites excluding steroid dienone is 2. The minimum absolute atomic E-state index is 0.983. The fraction of sp³-hybridized carbons (Fsp3) is 0.667. The molecule has 0 amide bonds. The first-order chi connectivity index (χ1) is 4.35. The van der Waals surface area contributed by atoms with Crippen LogP contribution < -0.4 is 0 Å². The molecule has 0 saturated heterocycles. The fourth-order valence-corrected chi connectivity index (χ4v) is 0.772. The summed E-state index contributed by atoms with van der Waals surface area (Å²) in [7, 11) is 0. The maximum Gasteiger partial charge on any atom is -0.0320 e. The van der Waals surface area contributed by atoms with Crippen LogP contribution in [-0.4, -0.2) is 0 Å². The second-order valence-electron chi connectivity index (χ2n) is 2.25. The largest absolute Gasteiger partial charge is 0.0854 e. The molecule has 0 nitrogen and oxygen atoms in total. The summed E-state index contributed by atoms with van der Waals surface area (Å²) in [5, 5.41) is 0. The van der Waals surface area contributed by atoms with Gasteiger partial charge < -0.3 is 0 Å². The molecule has 0 aromatic rings. The van der Waals surface area contributed by atoms with Crippen molar-refractivity contribution in [3.05, 3.63) is 18.6 Å². The SMILES string of the molecule is [CH2]C/C(=C/CCC)CC. The number of hydrogen-bond donors (Lipinski definition) is 0. The lowest BCUT2D eigenvalue weighted by atomic mass is 10.1. The molecule has 0 bridgehead atoms. The van der Waals surface area contributed by atoms with Gasteiger partial charge in [-0.05, 0) is 26.2 Å². The molecule has 0 rings (SSSR count). The standard InChI is InChI=1S/C9H17/c1-4-7-8-9(5-2)6-3/h8H,2,4-7H2,1,3H3/b9-8-. The Bertz CT molecular complexity index is 74.0. The highest BCUT2D eigenvalue weighted by atomic mass is 13.9. The molecule has 0 aromatic carbocycles. The molecule has 1 radical (unpaired) electrons. The van der Waals surface area contributed by atoms with Gasteiger partial charge in [0.25, 0.3) is 0 Å². The molecule has 0 aliphatic rings. The van der Waals surface area contributed by atoms with Crippen molar-refractivity contribution in [2.75, 3.05) is 0 Å². The highest BCUT2D eigenvalue weighted by Gasteiger charge is 1.86. The lowest BCUT2D eigenvalue weighted by molar-refractivity contribution is 0.919. The molecule has 0 aliphatic heterocycles. The van der Waals surface area contributed by atoms with Crippen LogP contribution in [0, 0.1) is 6.92 Å². The summed E-state index contributed by atoms with van der Waals surface area (Å²) in [6.07, 6.45) is 6.94. The van der Waals surface area contributed by atoms with Gasteiger partial charge >= 0.3 is 0 Å². The van der Waals surface area contributed by atoms with E-state index < -0.39 is 0 Å². The minimum atomic E-state index is 0.983. The molecule has 0 saturated carbocycles. The normalized spacial score (nSPS) is 12.1. The van der Waals surface area contributed by atoms with Crippen molar-refractivity contribution in [2.45, 2.75) is 39.5 Å². The summed E-state index contributed by atoms with van der Waals surface area (Å²) in [5.41, 5.74) is 1.50. The van der Waals surface area contributed by atoms with Crippen LogP contribution in [0.25, 0.3) is 0 Å². The van der Waals surface area contributed by atoms with Crippen LogP contribution in [0.5, 0.6) is 0 Å². The van der Waals surface area contributed by atoms with Gasteiger partial charge in [-0.3, -0.25) is 0 Å². The average Bonchev–Trinajstić information content (AvgIpc) is 1.91. The quantitative estimate of drug-likeness (QED) is 0.505. The third-order valence-corrected chi connectivity index (χ3v) is 1.50. The lowest BCUT2D eigenvalue weighted by Gasteiger charge is -1.97. The van der Waals surface area contributed by atoms with Gasteiger partial charge in [0.15, 0.2) is 0 Å². The van der Waals surface area contributed by atoms with Crippen LogP contribution in [0.4, 0.5) is 0 Å². The highest BCUT2D eigenvalue weighted by Crippen LogP contribution is 2.06. The number of rotatable bonds is 4. The zero-order valence-corrected chi connectivity index (χ0v) is 6.61. The smallest absolute Gasteiger partial charge is 0.0320 e. The number of hydrogen-bond acceptors (Lipinski definition) is 0. The summed E-state index contributed by atoms with van der Waals surface area (Å²) >= 11 is 0. The van der Waals surface area contributed by atoms with Gasteiger partial charge in [0.2, 0.25) is 0 Å². The maximum atomic E-state index is 3.84. The maximum absolute atomic E-state index is 3.84. The summed E-state index contributed by atoms with van der Waals surface area (Å²) in [5.74, 6) is 0. The Morgan fingerprint density at radius 1 is 1.44 bits per heavy atom. The predicted octanol–water partition coefficient (Wildman–Crippen LogP) is 3.35. The van der Waals surface area contributed by atoms with Crippen LogP contribution in [-0.2, 0) is 0 Å². The molecule has 0 spiro atoms. The van der Waals surface area contributed by atoms with Gasteiger partial charge in [-0.1, -0.05) is 31.9 Å². The second kappa shape index (κ2) is 5.87. The zero-order chi connectivity index (χ0) is 7.11. The second-order valence-corrected chi connectivity index (χ2v) is 2.25. The Morgan fingerprint density at radius 2 is 2.11 bits per heavy atom. The molecule has 0 unspecified atom stereocenters. The monoisotopic (exact) mass is 125 g/mol. The number of unbranched alkanes of at least 4 members (excludes halogenated alkanes) is 1. The molecule has 0 fully saturated rings. The van der Waals surface area contributed by atoms with E-state index in [1.54, 1.807) is 0 Å². The van der Waals surface area contributed by atoms with E-state index in [-0.39, 0.29) is 0 Å². The van der Waals surface area contributed by atoms with Crippen molar-refractivity contribution in [3.63, 3.8) is 0 Å². The average molecular weight is 125 g/mol. The van der Waals surface area contributed by atoms with Gasteiger partial charge in [0.1, 0.15) is 0 Å². The van der Waals surface area contributed by atoms with E-state index in [4.69, 9.17) is 0 Å². The molecule has 9 heavy (non-hydrogen) atoms. The van der Waals surface area contributed by atoms with Gasteiger partial charge in [0.05, 0.1) is 0 Å². The van der Waals surface area contributed by atoms with Crippen molar-refractivity contribution in [2.24, 2.45) is 0 Å². The van der Waals surface area contributed by atoms with E-state index >= 15 is 0 Å². The Kier molecular flexibility index (Phi) is 5.70. The Labute approximate surface area is 59.0 Å². The summed E-state index contributed by atoms with van der Waals surface area (Å²) < 4.78 is 0. The van der Waals surface area contributed by atoms with Crippen molar-refractivity contribution in [1.29, 1.82) is 0 Å². The first kappa shape index (κ1) is 8.74. The Hall–Kier alpha value is -0.260. The third kappa shape index (κ3) is 4.26. The van der Waals surface area contributed by atoms with Crippen molar-refractivity contribution >= 4 is 0 Å². The van der Waals surface area contributed by atoms with E-state index in [0.717, 1.165) is 6.42 Å². The van der Waals surface area contributed by atoms with Crippen LogP contribution in [0.1, 0.15) is 39.5 Å². The van der Waals surface area contributed by atoms with E-state index in [0.29, 0.717) is 0 Å². The van der Waals surface area contributed by atoms with E-state index in [9.17, 15) is 0 Å². The van der Waals surface area contributed by atoms with Crippen molar-refractivity contribution in [3.8, 4) is 0 Å². The fourth-order valence-electron chi connectivity index (χ4n) is 0.772. The van der Waals surface area contributed by atoms with Crippen molar-refractivity contribution in [1.82, 2.24) is 0 Å². The molecule has 0 N–H and O–H groups in total. The summed E-state index contributed by atoms with van der Waals surface area (Å²) in [6.45, 7) is 8.23. The molecule has 53 valence electrons. The van der Waals surface area contributed by atoms with Gasteiger partial charge in [-0.15, -0.1) is 0 Å². The van der Waals surface area contributed by atoms with E-state index in [2.05, 4.69) is 26.8 Å². The summed E-state index contributed by atoms with van der Waals surface area (Å²) in [4.78, 5) is 0. The molecule has 0 heterocycles. The first-order valence-electron chi connectivity index (χ1n) is 3.82. The van der Waals surface area contributed by atoms with Gasteiger partial charge in [-0.2, -0.15) is 0 Å². The minimum Gasteiger partial charge on any atom is -0.0854 e. The third-order valence-electron chi connectivity index (χ3n) is 1.50. The van der Waals surface area contributed by atoms with Gasteiger partial charge in [0, 0.05) is 0 Å². The highest BCUT2D eigenvalue weighted by molar-refractivity contribution is 5.01. The molecule has 0 aromatic heterocycles. The van der Waals surface area contributed by atoms with E-state index in [1.165, 1.54) is 24.8 Å². The van der Waals surface area contributed by atoms with Crippen LogP contribution in [0.3, 0.4) is 0 Å². The lowest BCUT2D eigenvalue weighted by Crippen LogP contribution is -1.76. The van der Waals surface area contributed by atoms with E-state index in [1.807, 2.05) is 0 Å². The van der Waals surface area contributed by atoms with Crippen LogP contribution in [0.2, 0.25) is 0 Å². The van der Waals surface area contributed by atoms with Gasteiger partial charge in [-0.25, -0.2) is 0 Å². The predicted molar refractivity (Wildman–Crippen MR) is 43.3 cm³/mol. The topological polar surface area (TPSA) is 0 Å².